The van der Waals surface area contributed by atoms with Gasteiger partial charge < -0.3 is 0 Å². The Morgan fingerprint density at radius 1 is 1.20 bits per heavy atom. The van der Waals surface area contributed by atoms with E-state index in [4.69, 9.17) is 10.2 Å². The summed E-state index contributed by atoms with van der Waals surface area (Å²) < 4.78 is 1.78. The Balaban J connectivity index is 1.95. The average Bonchev–Trinajstić information content (AvgIpc) is 2.66. The van der Waals surface area contributed by atoms with E-state index >= 15 is 0 Å². The predicted octanol–water partition coefficient (Wildman–Crippen LogP) is 4.36. The number of para-hydroxylation sites is 1. The van der Waals surface area contributed by atoms with Gasteiger partial charge in [-0.15, -0.1) is 0 Å². The second kappa shape index (κ2) is 8.00. The van der Waals surface area contributed by atoms with Gasteiger partial charge in [0.25, 0.3) is 5.56 Å². The van der Waals surface area contributed by atoms with Crippen LogP contribution in [0.3, 0.4) is 0 Å². The van der Waals surface area contributed by atoms with Crippen molar-refractivity contribution in [3.05, 3.63) is 70.0 Å². The Bertz CT molecular complexity index is 988. The second-order valence-electron chi connectivity index (χ2n) is 5.82. The number of unbranched alkanes of at least 4 members (excludes halogenated alkanes) is 1. The fourth-order valence-corrected chi connectivity index (χ4v) is 3.62. The number of rotatable bonds is 6. The molecule has 5 heteroatoms. The summed E-state index contributed by atoms with van der Waals surface area (Å²) in [5.74, 6) is 0.673. The minimum Gasteiger partial charge on any atom is -0.287 e. The lowest BCUT2D eigenvalue weighted by Crippen LogP contribution is -2.23. The molecular weight excluding hydrogens is 330 g/mol. The van der Waals surface area contributed by atoms with Gasteiger partial charge in [0.2, 0.25) is 0 Å². The van der Waals surface area contributed by atoms with Crippen LogP contribution in [0.5, 0.6) is 0 Å². The summed E-state index contributed by atoms with van der Waals surface area (Å²) in [7, 11) is 0. The number of fused-ring (bicyclic) bond motifs is 1. The van der Waals surface area contributed by atoms with Crippen molar-refractivity contribution < 1.29 is 0 Å². The molecule has 126 valence electrons. The molecule has 3 aromatic rings. The van der Waals surface area contributed by atoms with Crippen LogP contribution in [0.15, 0.2) is 58.5 Å². The fourth-order valence-electron chi connectivity index (χ4n) is 2.65. The number of aromatic nitrogens is 2. The maximum Gasteiger partial charge on any atom is 0.262 e. The number of hydrogen-bond donors (Lipinski definition) is 0. The summed E-state index contributed by atoms with van der Waals surface area (Å²) >= 11 is 1.54. The third-order valence-electron chi connectivity index (χ3n) is 3.99. The van der Waals surface area contributed by atoms with Crippen LogP contribution in [0.4, 0.5) is 0 Å². The Hall–Kier alpha value is -2.58. The molecule has 0 aliphatic heterocycles. The zero-order valence-corrected chi connectivity index (χ0v) is 14.9. The van der Waals surface area contributed by atoms with Gasteiger partial charge in [0, 0.05) is 12.3 Å². The Labute approximate surface area is 151 Å². The van der Waals surface area contributed by atoms with E-state index < -0.39 is 0 Å². The molecule has 0 spiro atoms. The summed E-state index contributed by atoms with van der Waals surface area (Å²) in [6.45, 7) is 2.79. The zero-order valence-electron chi connectivity index (χ0n) is 14.1. The molecule has 0 saturated carbocycles. The SMILES string of the molecule is CCCCn1c(SCc2cccc(C#N)c2)nc2ccccc2c1=O. The van der Waals surface area contributed by atoms with E-state index in [0.29, 0.717) is 23.2 Å². The van der Waals surface area contributed by atoms with E-state index in [-0.39, 0.29) is 5.56 Å². The van der Waals surface area contributed by atoms with Gasteiger partial charge in [0.15, 0.2) is 5.16 Å². The van der Waals surface area contributed by atoms with Crippen molar-refractivity contribution in [2.45, 2.75) is 37.2 Å². The van der Waals surface area contributed by atoms with Crippen molar-refractivity contribution in [1.29, 1.82) is 5.26 Å². The molecule has 25 heavy (non-hydrogen) atoms. The first-order valence-electron chi connectivity index (χ1n) is 8.34. The third-order valence-corrected chi connectivity index (χ3v) is 5.03. The first-order valence-corrected chi connectivity index (χ1v) is 9.33. The summed E-state index contributed by atoms with van der Waals surface area (Å²) in [5.41, 5.74) is 2.45. The maximum absolute atomic E-state index is 12.8. The van der Waals surface area contributed by atoms with Gasteiger partial charge >= 0.3 is 0 Å². The van der Waals surface area contributed by atoms with Crippen molar-refractivity contribution in [3.63, 3.8) is 0 Å². The molecule has 0 bridgehead atoms. The van der Waals surface area contributed by atoms with Gasteiger partial charge in [0.1, 0.15) is 0 Å². The normalized spacial score (nSPS) is 10.7. The lowest BCUT2D eigenvalue weighted by atomic mass is 10.2. The highest BCUT2D eigenvalue weighted by Crippen LogP contribution is 2.23. The molecule has 0 aliphatic rings. The zero-order chi connectivity index (χ0) is 17.6. The molecule has 4 nitrogen and oxygen atoms in total. The monoisotopic (exact) mass is 349 g/mol. The molecule has 0 amide bonds. The van der Waals surface area contributed by atoms with Crippen LogP contribution in [0.1, 0.15) is 30.9 Å². The highest BCUT2D eigenvalue weighted by molar-refractivity contribution is 7.98. The standard InChI is InChI=1S/C20H19N3OS/c1-2-3-11-23-19(24)17-9-4-5-10-18(17)22-20(23)25-14-16-8-6-7-15(12-16)13-21/h4-10,12H,2-3,11,14H2,1H3. The molecule has 0 N–H and O–H groups in total. The molecule has 0 atom stereocenters. The molecule has 2 aromatic carbocycles. The highest BCUT2D eigenvalue weighted by Gasteiger charge is 2.11. The third kappa shape index (κ3) is 3.92. The number of benzene rings is 2. The quantitative estimate of drug-likeness (QED) is 0.490. The van der Waals surface area contributed by atoms with Gasteiger partial charge in [-0.05, 0) is 36.2 Å². The van der Waals surface area contributed by atoms with E-state index in [1.807, 2.05) is 42.5 Å². The Kier molecular flexibility index (Phi) is 5.52. The van der Waals surface area contributed by atoms with E-state index in [0.717, 1.165) is 29.1 Å². The molecule has 1 aromatic heterocycles. The van der Waals surface area contributed by atoms with Gasteiger partial charge in [0.05, 0.1) is 22.5 Å². The number of thioether (sulfide) groups is 1. The van der Waals surface area contributed by atoms with Gasteiger partial charge in [-0.2, -0.15) is 5.26 Å². The number of nitriles is 1. The minimum absolute atomic E-state index is 0.0207. The van der Waals surface area contributed by atoms with Crippen molar-refractivity contribution in [3.8, 4) is 6.07 Å². The number of hydrogen-bond acceptors (Lipinski definition) is 4. The van der Waals surface area contributed by atoms with E-state index in [9.17, 15) is 4.79 Å². The first-order chi connectivity index (χ1) is 12.2. The average molecular weight is 349 g/mol. The van der Waals surface area contributed by atoms with Crippen LogP contribution < -0.4 is 5.56 Å². The molecule has 0 radical (unpaired) electrons. The Morgan fingerprint density at radius 2 is 2.04 bits per heavy atom. The molecular formula is C20H19N3OS. The van der Waals surface area contributed by atoms with Gasteiger partial charge in [-0.3, -0.25) is 9.36 Å². The molecule has 1 heterocycles. The molecule has 0 fully saturated rings. The lowest BCUT2D eigenvalue weighted by molar-refractivity contribution is 0.557. The molecule has 0 saturated heterocycles. The highest BCUT2D eigenvalue weighted by atomic mass is 32.2. The van der Waals surface area contributed by atoms with Crippen LogP contribution in [0.2, 0.25) is 0 Å². The van der Waals surface area contributed by atoms with Gasteiger partial charge in [-0.25, -0.2) is 4.98 Å². The minimum atomic E-state index is 0.0207. The summed E-state index contributed by atoms with van der Waals surface area (Å²) in [4.78, 5) is 17.5. The van der Waals surface area contributed by atoms with E-state index in [2.05, 4.69) is 13.0 Å². The number of nitrogens with zero attached hydrogens (tertiary/aromatic N) is 3. The van der Waals surface area contributed by atoms with Crippen LogP contribution in [0.25, 0.3) is 10.9 Å². The van der Waals surface area contributed by atoms with E-state index in [1.54, 1.807) is 22.4 Å². The summed E-state index contributed by atoms with van der Waals surface area (Å²) in [6.07, 6.45) is 1.96. The molecule has 3 rings (SSSR count). The largest absolute Gasteiger partial charge is 0.287 e. The first kappa shape index (κ1) is 17.2. The summed E-state index contributed by atoms with van der Waals surface area (Å²) in [6, 6.07) is 17.2. The van der Waals surface area contributed by atoms with Crippen LogP contribution >= 0.6 is 11.8 Å². The van der Waals surface area contributed by atoms with Crippen LogP contribution in [-0.2, 0) is 12.3 Å². The lowest BCUT2D eigenvalue weighted by Gasteiger charge is -2.12. The smallest absolute Gasteiger partial charge is 0.262 e. The van der Waals surface area contributed by atoms with Crippen molar-refractivity contribution in [2.24, 2.45) is 0 Å². The van der Waals surface area contributed by atoms with Crippen molar-refractivity contribution in [2.75, 3.05) is 0 Å². The summed E-state index contributed by atoms with van der Waals surface area (Å²) in [5, 5.41) is 10.4. The molecule has 0 unspecified atom stereocenters. The maximum atomic E-state index is 12.8. The van der Waals surface area contributed by atoms with Crippen molar-refractivity contribution >= 4 is 22.7 Å². The van der Waals surface area contributed by atoms with Crippen LogP contribution in [0, 0.1) is 11.3 Å². The van der Waals surface area contributed by atoms with Crippen LogP contribution in [-0.4, -0.2) is 9.55 Å². The fraction of sp³-hybridized carbons (Fsp3) is 0.250. The topological polar surface area (TPSA) is 58.7 Å². The molecule has 0 aliphatic carbocycles. The Morgan fingerprint density at radius 3 is 2.84 bits per heavy atom. The predicted molar refractivity (Wildman–Crippen MR) is 102 cm³/mol. The van der Waals surface area contributed by atoms with Crippen molar-refractivity contribution in [1.82, 2.24) is 9.55 Å². The van der Waals surface area contributed by atoms with Gasteiger partial charge in [-0.1, -0.05) is 49.4 Å². The van der Waals surface area contributed by atoms with E-state index in [1.165, 1.54) is 0 Å². The second-order valence-corrected chi connectivity index (χ2v) is 6.77.